The molecule has 0 saturated carbocycles. The summed E-state index contributed by atoms with van der Waals surface area (Å²) < 4.78 is 10.5. The van der Waals surface area contributed by atoms with E-state index in [0.29, 0.717) is 6.42 Å². The van der Waals surface area contributed by atoms with Crippen LogP contribution in [0.5, 0.6) is 0 Å². The lowest BCUT2D eigenvalue weighted by molar-refractivity contribution is -0.176. The van der Waals surface area contributed by atoms with Gasteiger partial charge in [-0.3, -0.25) is 4.79 Å². The van der Waals surface area contributed by atoms with Crippen molar-refractivity contribution in [2.45, 2.75) is 51.2 Å². The minimum atomic E-state index is -0.800. The van der Waals surface area contributed by atoms with Crippen LogP contribution in [-0.4, -0.2) is 23.6 Å². The lowest BCUT2D eigenvalue weighted by atomic mass is 9.96. The molecule has 0 aromatic rings. The van der Waals surface area contributed by atoms with Gasteiger partial charge in [0.25, 0.3) is 0 Å². The molecule has 1 unspecified atom stereocenters. The topological polar surface area (TPSA) is 52.6 Å². The standard InChI is InChI=1S/C12H18O4/c1-4-10(13)16-12(2,3)9-7-5-6-8-11(14)15-9/h4,9H,1,5-8H2,2-3H3. The smallest absolute Gasteiger partial charge is 0.330 e. The highest BCUT2D eigenvalue weighted by Gasteiger charge is 2.36. The first-order chi connectivity index (χ1) is 7.45. The van der Waals surface area contributed by atoms with Gasteiger partial charge < -0.3 is 9.47 Å². The number of ether oxygens (including phenoxy) is 2. The van der Waals surface area contributed by atoms with Crippen LogP contribution >= 0.6 is 0 Å². The van der Waals surface area contributed by atoms with Crippen LogP contribution in [0.1, 0.15) is 39.5 Å². The number of hydrogen-bond donors (Lipinski definition) is 0. The Balaban J connectivity index is 2.68. The molecule has 0 bridgehead atoms. The molecule has 0 aromatic carbocycles. The number of carbonyl (C=O) groups excluding carboxylic acids is 2. The Hall–Kier alpha value is -1.32. The quantitative estimate of drug-likeness (QED) is 0.545. The number of carbonyl (C=O) groups is 2. The van der Waals surface area contributed by atoms with Gasteiger partial charge in [-0.1, -0.05) is 6.58 Å². The summed E-state index contributed by atoms with van der Waals surface area (Å²) in [7, 11) is 0. The van der Waals surface area contributed by atoms with E-state index in [2.05, 4.69) is 6.58 Å². The van der Waals surface area contributed by atoms with Gasteiger partial charge in [-0.25, -0.2) is 4.79 Å². The summed E-state index contributed by atoms with van der Waals surface area (Å²) >= 11 is 0. The largest absolute Gasteiger partial charge is 0.458 e. The normalized spacial score (nSPS) is 21.9. The van der Waals surface area contributed by atoms with E-state index < -0.39 is 11.6 Å². The van der Waals surface area contributed by atoms with E-state index in [4.69, 9.17) is 9.47 Å². The summed E-state index contributed by atoms with van der Waals surface area (Å²) in [4.78, 5) is 22.5. The maximum absolute atomic E-state index is 11.3. The van der Waals surface area contributed by atoms with Crippen molar-refractivity contribution in [1.29, 1.82) is 0 Å². The van der Waals surface area contributed by atoms with E-state index >= 15 is 0 Å². The summed E-state index contributed by atoms with van der Waals surface area (Å²) in [5.41, 5.74) is -0.800. The molecule has 0 aliphatic carbocycles. The minimum absolute atomic E-state index is 0.217. The zero-order valence-corrected chi connectivity index (χ0v) is 9.82. The van der Waals surface area contributed by atoms with Crippen LogP contribution in [0.4, 0.5) is 0 Å². The van der Waals surface area contributed by atoms with E-state index in [1.807, 2.05) is 0 Å². The second-order valence-electron chi connectivity index (χ2n) is 4.45. The Morgan fingerprint density at radius 1 is 1.56 bits per heavy atom. The zero-order valence-electron chi connectivity index (χ0n) is 9.82. The molecule has 1 saturated heterocycles. The van der Waals surface area contributed by atoms with Gasteiger partial charge in [-0.05, 0) is 33.1 Å². The van der Waals surface area contributed by atoms with Crippen LogP contribution in [0.15, 0.2) is 12.7 Å². The summed E-state index contributed by atoms with van der Waals surface area (Å²) in [6.45, 7) is 6.84. The van der Waals surface area contributed by atoms with Gasteiger partial charge in [-0.15, -0.1) is 0 Å². The average Bonchev–Trinajstić information content (AvgIpc) is 2.42. The average molecular weight is 226 g/mol. The molecule has 0 radical (unpaired) electrons. The van der Waals surface area contributed by atoms with Gasteiger partial charge in [0.2, 0.25) is 0 Å². The van der Waals surface area contributed by atoms with Gasteiger partial charge in [0.1, 0.15) is 11.7 Å². The summed E-state index contributed by atoms with van der Waals surface area (Å²) in [5.74, 6) is -0.712. The van der Waals surface area contributed by atoms with Crippen molar-refractivity contribution in [2.75, 3.05) is 0 Å². The van der Waals surface area contributed by atoms with Gasteiger partial charge in [0, 0.05) is 12.5 Å². The SMILES string of the molecule is C=CC(=O)OC(C)(C)C1CCCCC(=O)O1. The third kappa shape index (κ3) is 3.36. The summed E-state index contributed by atoms with van der Waals surface area (Å²) in [6.07, 6.45) is 3.66. The summed E-state index contributed by atoms with van der Waals surface area (Å²) in [6, 6.07) is 0. The lowest BCUT2D eigenvalue weighted by Crippen LogP contribution is -2.42. The molecule has 0 spiro atoms. The van der Waals surface area contributed by atoms with Crippen molar-refractivity contribution in [3.63, 3.8) is 0 Å². The molecule has 1 rings (SSSR count). The van der Waals surface area contributed by atoms with Crippen LogP contribution < -0.4 is 0 Å². The zero-order chi connectivity index (χ0) is 12.2. The fourth-order valence-electron chi connectivity index (χ4n) is 1.73. The highest BCUT2D eigenvalue weighted by Crippen LogP contribution is 2.26. The van der Waals surface area contributed by atoms with Gasteiger partial charge in [0.15, 0.2) is 0 Å². The minimum Gasteiger partial charge on any atom is -0.458 e. The maximum Gasteiger partial charge on any atom is 0.330 e. The fourth-order valence-corrected chi connectivity index (χ4v) is 1.73. The third-order valence-corrected chi connectivity index (χ3v) is 2.68. The number of rotatable bonds is 3. The molecule has 4 nitrogen and oxygen atoms in total. The molecule has 1 atom stereocenters. The number of cyclic esters (lactones) is 1. The van der Waals surface area contributed by atoms with Crippen LogP contribution in [0.2, 0.25) is 0 Å². The van der Waals surface area contributed by atoms with E-state index in [1.165, 1.54) is 0 Å². The predicted octanol–water partition coefficient (Wildman–Crippen LogP) is 1.98. The van der Waals surface area contributed by atoms with Crippen LogP contribution in [-0.2, 0) is 19.1 Å². The summed E-state index contributed by atoms with van der Waals surface area (Å²) in [5, 5.41) is 0. The molecule has 0 amide bonds. The Morgan fingerprint density at radius 2 is 2.25 bits per heavy atom. The van der Waals surface area contributed by atoms with Gasteiger partial charge in [0.05, 0.1) is 0 Å². The van der Waals surface area contributed by atoms with Crippen molar-refractivity contribution in [3.05, 3.63) is 12.7 Å². The van der Waals surface area contributed by atoms with Crippen LogP contribution in [0, 0.1) is 0 Å². The molecule has 1 fully saturated rings. The molecule has 90 valence electrons. The monoisotopic (exact) mass is 226 g/mol. The third-order valence-electron chi connectivity index (χ3n) is 2.68. The van der Waals surface area contributed by atoms with E-state index in [-0.39, 0.29) is 12.1 Å². The first-order valence-corrected chi connectivity index (χ1v) is 5.50. The van der Waals surface area contributed by atoms with E-state index in [1.54, 1.807) is 13.8 Å². The van der Waals surface area contributed by atoms with Crippen molar-refractivity contribution in [3.8, 4) is 0 Å². The Bertz CT molecular complexity index is 293. The van der Waals surface area contributed by atoms with Gasteiger partial charge in [-0.2, -0.15) is 0 Å². The highest BCUT2D eigenvalue weighted by molar-refractivity contribution is 5.81. The first-order valence-electron chi connectivity index (χ1n) is 5.50. The molecular formula is C12H18O4. The maximum atomic E-state index is 11.3. The van der Waals surface area contributed by atoms with Crippen molar-refractivity contribution in [2.24, 2.45) is 0 Å². The Morgan fingerprint density at radius 3 is 2.88 bits per heavy atom. The number of esters is 2. The molecule has 16 heavy (non-hydrogen) atoms. The van der Waals surface area contributed by atoms with E-state index in [0.717, 1.165) is 25.3 Å². The van der Waals surface area contributed by atoms with Crippen molar-refractivity contribution in [1.82, 2.24) is 0 Å². The highest BCUT2D eigenvalue weighted by atomic mass is 16.6. The Kier molecular flexibility index (Phi) is 4.10. The molecule has 0 N–H and O–H groups in total. The second-order valence-corrected chi connectivity index (χ2v) is 4.45. The molecule has 1 aliphatic rings. The van der Waals surface area contributed by atoms with Crippen LogP contribution in [0.25, 0.3) is 0 Å². The molecule has 1 aliphatic heterocycles. The van der Waals surface area contributed by atoms with Crippen LogP contribution in [0.3, 0.4) is 0 Å². The fraction of sp³-hybridized carbons (Fsp3) is 0.667. The van der Waals surface area contributed by atoms with Crippen molar-refractivity contribution < 1.29 is 19.1 Å². The van der Waals surface area contributed by atoms with Gasteiger partial charge >= 0.3 is 11.9 Å². The number of hydrogen-bond acceptors (Lipinski definition) is 4. The predicted molar refractivity (Wildman–Crippen MR) is 58.7 cm³/mol. The molecular weight excluding hydrogens is 208 g/mol. The molecule has 1 heterocycles. The second kappa shape index (κ2) is 5.14. The lowest BCUT2D eigenvalue weighted by Gasteiger charge is -2.32. The van der Waals surface area contributed by atoms with E-state index in [9.17, 15) is 9.59 Å². The molecule has 4 heteroatoms. The van der Waals surface area contributed by atoms with Crippen molar-refractivity contribution >= 4 is 11.9 Å². The Labute approximate surface area is 95.6 Å². The first kappa shape index (κ1) is 12.7. The molecule has 0 aromatic heterocycles.